The molecule has 5 nitrogen and oxygen atoms in total. The van der Waals surface area contributed by atoms with E-state index in [9.17, 15) is 4.79 Å². The Morgan fingerprint density at radius 2 is 2.14 bits per heavy atom. The molecule has 1 aliphatic heterocycles. The quantitative estimate of drug-likeness (QED) is 0.932. The molecule has 1 aliphatic rings. The Balaban J connectivity index is 1.47. The van der Waals surface area contributed by atoms with Crippen molar-refractivity contribution in [3.8, 4) is 0 Å². The van der Waals surface area contributed by atoms with Crippen LogP contribution in [-0.4, -0.2) is 48.5 Å². The van der Waals surface area contributed by atoms with Gasteiger partial charge in [-0.15, -0.1) is 11.3 Å². The van der Waals surface area contributed by atoms with E-state index >= 15 is 0 Å². The van der Waals surface area contributed by atoms with E-state index in [2.05, 4.69) is 20.1 Å². The van der Waals surface area contributed by atoms with E-state index < -0.39 is 0 Å². The lowest BCUT2D eigenvalue weighted by Crippen LogP contribution is -2.48. The predicted octanol–water partition coefficient (Wildman–Crippen LogP) is 2.56. The molecule has 2 heterocycles. The second-order valence-corrected chi connectivity index (χ2v) is 6.45. The molecule has 1 aromatic carbocycles. The van der Waals surface area contributed by atoms with Gasteiger partial charge in [0, 0.05) is 48.5 Å². The number of piperazine rings is 1. The van der Waals surface area contributed by atoms with Crippen molar-refractivity contribution in [2.75, 3.05) is 42.9 Å². The van der Waals surface area contributed by atoms with E-state index in [0.717, 1.165) is 37.0 Å². The first-order chi connectivity index (χ1) is 10.7. The normalized spacial score (nSPS) is 15.8. The number of rotatable bonds is 4. The lowest BCUT2D eigenvalue weighted by molar-refractivity contribution is -0.117. The fourth-order valence-corrected chi connectivity index (χ4v) is 3.33. The molecule has 0 atom stereocenters. The van der Waals surface area contributed by atoms with Crippen molar-refractivity contribution >= 4 is 39.7 Å². The van der Waals surface area contributed by atoms with Crippen LogP contribution in [0.4, 0.5) is 10.8 Å². The summed E-state index contributed by atoms with van der Waals surface area (Å²) in [6.45, 7) is 3.93. The molecule has 0 bridgehead atoms. The number of anilines is 2. The van der Waals surface area contributed by atoms with Crippen LogP contribution in [0.5, 0.6) is 0 Å². The summed E-state index contributed by atoms with van der Waals surface area (Å²) >= 11 is 7.57. The van der Waals surface area contributed by atoms with E-state index in [1.165, 1.54) is 0 Å². The van der Waals surface area contributed by atoms with Gasteiger partial charge >= 0.3 is 0 Å². The van der Waals surface area contributed by atoms with Gasteiger partial charge in [0.25, 0.3) is 0 Å². The van der Waals surface area contributed by atoms with Gasteiger partial charge in [-0.3, -0.25) is 9.69 Å². The summed E-state index contributed by atoms with van der Waals surface area (Å²) in [6, 6.07) is 7.20. The lowest BCUT2D eigenvalue weighted by atomic mass is 10.3. The fourth-order valence-electron chi connectivity index (χ4n) is 2.44. The lowest BCUT2D eigenvalue weighted by Gasteiger charge is -2.34. The largest absolute Gasteiger partial charge is 0.346 e. The van der Waals surface area contributed by atoms with Gasteiger partial charge in [0.05, 0.1) is 6.54 Å². The Bertz CT molecular complexity index is 626. The average Bonchev–Trinajstić information content (AvgIpc) is 3.02. The van der Waals surface area contributed by atoms with Crippen LogP contribution in [0, 0.1) is 0 Å². The highest BCUT2D eigenvalue weighted by molar-refractivity contribution is 7.13. The van der Waals surface area contributed by atoms with Crippen LogP contribution in [0.15, 0.2) is 35.8 Å². The molecule has 1 aromatic heterocycles. The molecule has 1 amide bonds. The molecule has 7 heteroatoms. The molecule has 2 aromatic rings. The zero-order chi connectivity index (χ0) is 15.4. The van der Waals surface area contributed by atoms with Crippen molar-refractivity contribution in [2.24, 2.45) is 0 Å². The van der Waals surface area contributed by atoms with Crippen LogP contribution in [0.2, 0.25) is 5.02 Å². The summed E-state index contributed by atoms with van der Waals surface area (Å²) in [5.74, 6) is -0.00929. The van der Waals surface area contributed by atoms with Gasteiger partial charge in [0.1, 0.15) is 0 Å². The Labute approximate surface area is 138 Å². The van der Waals surface area contributed by atoms with Crippen LogP contribution in [0.3, 0.4) is 0 Å². The summed E-state index contributed by atoms with van der Waals surface area (Å²) in [7, 11) is 0. The molecule has 0 saturated carbocycles. The molecular formula is C15H17ClN4OS. The minimum atomic E-state index is -0.00929. The zero-order valence-electron chi connectivity index (χ0n) is 12.0. The van der Waals surface area contributed by atoms with E-state index in [1.807, 2.05) is 23.7 Å². The Kier molecular flexibility index (Phi) is 4.92. The second kappa shape index (κ2) is 7.09. The topological polar surface area (TPSA) is 48.5 Å². The van der Waals surface area contributed by atoms with Gasteiger partial charge in [0.2, 0.25) is 5.91 Å². The van der Waals surface area contributed by atoms with Gasteiger partial charge in [0.15, 0.2) is 5.13 Å². The van der Waals surface area contributed by atoms with Crippen LogP contribution in [0.25, 0.3) is 0 Å². The highest BCUT2D eigenvalue weighted by Gasteiger charge is 2.20. The molecule has 0 unspecified atom stereocenters. The number of thiazole rings is 1. The van der Waals surface area contributed by atoms with Crippen molar-refractivity contribution in [1.29, 1.82) is 0 Å². The fraction of sp³-hybridized carbons (Fsp3) is 0.333. The number of nitrogens with zero attached hydrogens (tertiary/aromatic N) is 3. The van der Waals surface area contributed by atoms with Crippen LogP contribution >= 0.6 is 22.9 Å². The summed E-state index contributed by atoms with van der Waals surface area (Å²) in [6.07, 6.45) is 1.82. The first-order valence-corrected chi connectivity index (χ1v) is 8.39. The molecule has 0 radical (unpaired) electrons. The third-order valence-electron chi connectivity index (χ3n) is 3.54. The van der Waals surface area contributed by atoms with Gasteiger partial charge in [-0.05, 0) is 18.2 Å². The van der Waals surface area contributed by atoms with Crippen molar-refractivity contribution in [3.05, 3.63) is 40.9 Å². The standard InChI is InChI=1S/C15H17ClN4OS/c16-12-2-1-3-13(10-12)18-14(21)11-19-5-7-20(8-6-19)15-17-4-9-22-15/h1-4,9-10H,5-8,11H2,(H,18,21). The van der Waals surface area contributed by atoms with E-state index in [-0.39, 0.29) is 5.91 Å². The maximum Gasteiger partial charge on any atom is 0.238 e. The minimum absolute atomic E-state index is 0.00929. The molecule has 0 aliphatic carbocycles. The number of carbonyl (C=O) groups excluding carboxylic acids is 1. The Hall–Kier alpha value is -1.63. The number of benzene rings is 1. The summed E-state index contributed by atoms with van der Waals surface area (Å²) in [5.41, 5.74) is 0.735. The minimum Gasteiger partial charge on any atom is -0.346 e. The van der Waals surface area contributed by atoms with Crippen LogP contribution in [-0.2, 0) is 4.79 Å². The molecular weight excluding hydrogens is 320 g/mol. The third kappa shape index (κ3) is 3.97. The van der Waals surface area contributed by atoms with Crippen molar-refractivity contribution in [2.45, 2.75) is 0 Å². The first kappa shape index (κ1) is 15.3. The number of hydrogen-bond donors (Lipinski definition) is 1. The summed E-state index contributed by atoms with van der Waals surface area (Å²) in [4.78, 5) is 20.8. The number of hydrogen-bond acceptors (Lipinski definition) is 5. The monoisotopic (exact) mass is 336 g/mol. The third-order valence-corrected chi connectivity index (χ3v) is 4.61. The molecule has 1 N–H and O–H groups in total. The Morgan fingerprint density at radius 3 is 2.82 bits per heavy atom. The number of halogens is 1. The van der Waals surface area contributed by atoms with Crippen molar-refractivity contribution in [1.82, 2.24) is 9.88 Å². The van der Waals surface area contributed by atoms with E-state index in [0.29, 0.717) is 11.6 Å². The second-order valence-electron chi connectivity index (χ2n) is 5.14. The SMILES string of the molecule is O=C(CN1CCN(c2nccs2)CC1)Nc1cccc(Cl)c1. The smallest absolute Gasteiger partial charge is 0.238 e. The summed E-state index contributed by atoms with van der Waals surface area (Å²) in [5, 5.41) is 6.54. The molecule has 22 heavy (non-hydrogen) atoms. The number of carbonyl (C=O) groups is 1. The molecule has 3 rings (SSSR count). The summed E-state index contributed by atoms with van der Waals surface area (Å²) < 4.78 is 0. The van der Waals surface area contributed by atoms with Gasteiger partial charge < -0.3 is 10.2 Å². The highest BCUT2D eigenvalue weighted by atomic mass is 35.5. The van der Waals surface area contributed by atoms with Gasteiger partial charge in [-0.25, -0.2) is 4.98 Å². The van der Waals surface area contributed by atoms with Gasteiger partial charge in [-0.1, -0.05) is 17.7 Å². The van der Waals surface area contributed by atoms with E-state index in [1.54, 1.807) is 23.5 Å². The number of aromatic nitrogens is 1. The molecule has 1 fully saturated rings. The average molecular weight is 337 g/mol. The van der Waals surface area contributed by atoms with Crippen LogP contribution < -0.4 is 10.2 Å². The maximum atomic E-state index is 12.1. The maximum absolute atomic E-state index is 12.1. The predicted molar refractivity (Wildman–Crippen MR) is 90.8 cm³/mol. The Morgan fingerprint density at radius 1 is 1.32 bits per heavy atom. The highest BCUT2D eigenvalue weighted by Crippen LogP contribution is 2.19. The van der Waals surface area contributed by atoms with Crippen molar-refractivity contribution in [3.63, 3.8) is 0 Å². The first-order valence-electron chi connectivity index (χ1n) is 7.13. The number of amides is 1. The number of nitrogens with one attached hydrogen (secondary N) is 1. The van der Waals surface area contributed by atoms with Crippen LogP contribution in [0.1, 0.15) is 0 Å². The van der Waals surface area contributed by atoms with E-state index in [4.69, 9.17) is 11.6 Å². The van der Waals surface area contributed by atoms with Gasteiger partial charge in [-0.2, -0.15) is 0 Å². The molecule has 116 valence electrons. The van der Waals surface area contributed by atoms with Crippen molar-refractivity contribution < 1.29 is 4.79 Å². The molecule has 1 saturated heterocycles. The molecule has 0 spiro atoms. The zero-order valence-corrected chi connectivity index (χ0v) is 13.6.